The average Bonchev–Trinajstić information content (AvgIpc) is 2.84. The van der Waals surface area contributed by atoms with Crippen molar-refractivity contribution in [2.24, 2.45) is 0 Å². The minimum atomic E-state index is 0.731. The van der Waals surface area contributed by atoms with Crippen molar-refractivity contribution in [1.82, 2.24) is 14.5 Å². The molecule has 3 nitrogen and oxygen atoms in total. The van der Waals surface area contributed by atoms with Gasteiger partial charge in [0.05, 0.1) is 12.1 Å². The van der Waals surface area contributed by atoms with Crippen LogP contribution >= 0.6 is 23.6 Å². The van der Waals surface area contributed by atoms with Gasteiger partial charge in [0.25, 0.3) is 0 Å². The van der Waals surface area contributed by atoms with E-state index in [1.54, 1.807) is 11.3 Å². The highest BCUT2D eigenvalue weighted by Crippen LogP contribution is 2.19. The Kier molecular flexibility index (Phi) is 2.80. The predicted molar refractivity (Wildman–Crippen MR) is 77.8 cm³/mol. The number of aromatic nitrogens is 3. The monoisotopic (exact) mass is 275 g/mol. The molecule has 0 bridgehead atoms. The molecule has 0 saturated carbocycles. The first-order chi connectivity index (χ1) is 8.63. The molecule has 0 radical (unpaired) electrons. The number of aryl methyl sites for hydroxylation is 2. The molecule has 0 aliphatic carbocycles. The van der Waals surface area contributed by atoms with Gasteiger partial charge in [-0.25, -0.2) is 4.98 Å². The Bertz CT molecular complexity index is 764. The molecule has 3 aromatic heterocycles. The molecule has 0 spiro atoms. The Morgan fingerprint density at radius 3 is 2.94 bits per heavy atom. The van der Waals surface area contributed by atoms with E-state index in [0.29, 0.717) is 0 Å². The van der Waals surface area contributed by atoms with Gasteiger partial charge in [0, 0.05) is 16.0 Å². The van der Waals surface area contributed by atoms with Gasteiger partial charge >= 0.3 is 0 Å². The molecular formula is C13H13N3S2. The van der Waals surface area contributed by atoms with E-state index in [4.69, 9.17) is 12.2 Å². The van der Waals surface area contributed by atoms with Gasteiger partial charge in [0.2, 0.25) is 0 Å². The summed E-state index contributed by atoms with van der Waals surface area (Å²) >= 11 is 7.17. The molecule has 0 saturated heterocycles. The van der Waals surface area contributed by atoms with Crippen molar-refractivity contribution in [3.63, 3.8) is 0 Å². The second-order valence-electron chi connectivity index (χ2n) is 4.41. The van der Waals surface area contributed by atoms with Crippen LogP contribution in [0.15, 0.2) is 24.4 Å². The van der Waals surface area contributed by atoms with Crippen molar-refractivity contribution in [3.05, 3.63) is 44.5 Å². The lowest BCUT2D eigenvalue weighted by molar-refractivity contribution is 0.813. The number of H-pyrrole nitrogens is 1. The normalized spacial score (nSPS) is 11.2. The van der Waals surface area contributed by atoms with Crippen LogP contribution in [0.3, 0.4) is 0 Å². The third-order valence-electron chi connectivity index (χ3n) is 2.86. The average molecular weight is 275 g/mol. The van der Waals surface area contributed by atoms with E-state index in [1.807, 2.05) is 13.1 Å². The Balaban J connectivity index is 2.11. The number of nitrogens with zero attached hydrogens (tertiary/aromatic N) is 2. The lowest BCUT2D eigenvalue weighted by Crippen LogP contribution is -1.98. The summed E-state index contributed by atoms with van der Waals surface area (Å²) in [4.78, 5) is 10.3. The van der Waals surface area contributed by atoms with Crippen LogP contribution in [0.2, 0.25) is 0 Å². The summed E-state index contributed by atoms with van der Waals surface area (Å²) in [5.41, 5.74) is 3.07. The second-order valence-corrected chi connectivity index (χ2v) is 6.17. The smallest absolute Gasteiger partial charge is 0.179 e. The molecule has 3 heterocycles. The Morgan fingerprint density at radius 2 is 2.22 bits per heavy atom. The van der Waals surface area contributed by atoms with Crippen LogP contribution in [-0.4, -0.2) is 14.5 Å². The summed E-state index contributed by atoms with van der Waals surface area (Å²) in [6, 6.07) is 6.36. The highest BCUT2D eigenvalue weighted by Gasteiger charge is 2.07. The number of hydrogen-bond acceptors (Lipinski definition) is 3. The molecule has 92 valence electrons. The molecule has 0 fully saturated rings. The van der Waals surface area contributed by atoms with Crippen molar-refractivity contribution in [2.75, 3.05) is 0 Å². The first-order valence-electron chi connectivity index (χ1n) is 5.74. The molecule has 3 aromatic rings. The van der Waals surface area contributed by atoms with Gasteiger partial charge in [0.1, 0.15) is 0 Å². The van der Waals surface area contributed by atoms with Gasteiger partial charge in [-0.2, -0.15) is 0 Å². The SMILES string of the molecule is Cc1cnc2c(c1)[nH]c(=S)n2Cc1ccc(C)s1. The molecule has 5 heteroatoms. The first kappa shape index (κ1) is 11.6. The minimum absolute atomic E-state index is 0.731. The largest absolute Gasteiger partial charge is 0.329 e. The van der Waals surface area contributed by atoms with Crippen molar-refractivity contribution >= 4 is 34.7 Å². The highest BCUT2D eigenvalue weighted by atomic mass is 32.1. The molecule has 0 unspecified atom stereocenters. The van der Waals surface area contributed by atoms with E-state index in [1.165, 1.54) is 9.75 Å². The van der Waals surface area contributed by atoms with E-state index in [-0.39, 0.29) is 0 Å². The fourth-order valence-electron chi connectivity index (χ4n) is 2.02. The Morgan fingerprint density at radius 1 is 1.39 bits per heavy atom. The van der Waals surface area contributed by atoms with Crippen molar-refractivity contribution in [1.29, 1.82) is 0 Å². The van der Waals surface area contributed by atoms with Crippen molar-refractivity contribution in [2.45, 2.75) is 20.4 Å². The molecular weight excluding hydrogens is 262 g/mol. The van der Waals surface area contributed by atoms with Crippen LogP contribution in [0.4, 0.5) is 0 Å². The zero-order valence-electron chi connectivity index (χ0n) is 10.2. The van der Waals surface area contributed by atoms with Crippen molar-refractivity contribution in [3.8, 4) is 0 Å². The van der Waals surface area contributed by atoms with E-state index in [9.17, 15) is 0 Å². The van der Waals surface area contributed by atoms with E-state index < -0.39 is 0 Å². The topological polar surface area (TPSA) is 33.6 Å². The first-order valence-corrected chi connectivity index (χ1v) is 6.96. The van der Waals surface area contributed by atoms with Crippen LogP contribution in [0, 0.1) is 18.6 Å². The van der Waals surface area contributed by atoms with Crippen molar-refractivity contribution < 1.29 is 0 Å². The number of hydrogen-bond donors (Lipinski definition) is 1. The highest BCUT2D eigenvalue weighted by molar-refractivity contribution is 7.71. The summed E-state index contributed by atoms with van der Waals surface area (Å²) in [5, 5.41) is 0. The number of aromatic amines is 1. The molecule has 18 heavy (non-hydrogen) atoms. The summed E-state index contributed by atoms with van der Waals surface area (Å²) in [6.45, 7) is 4.93. The quantitative estimate of drug-likeness (QED) is 0.721. The van der Waals surface area contributed by atoms with Gasteiger partial charge in [-0.05, 0) is 49.8 Å². The molecule has 0 amide bonds. The van der Waals surface area contributed by atoms with Crippen LogP contribution in [0.5, 0.6) is 0 Å². The van der Waals surface area contributed by atoms with Crippen LogP contribution in [0.1, 0.15) is 15.3 Å². The van der Waals surface area contributed by atoms with E-state index in [2.05, 4.69) is 39.7 Å². The molecule has 0 aliphatic rings. The molecule has 0 aliphatic heterocycles. The number of thiophene rings is 1. The van der Waals surface area contributed by atoms with E-state index in [0.717, 1.165) is 28.0 Å². The fourth-order valence-corrected chi connectivity index (χ4v) is 3.16. The second kappa shape index (κ2) is 4.33. The number of imidazole rings is 1. The lowest BCUT2D eigenvalue weighted by Gasteiger charge is -2.01. The molecule has 0 atom stereocenters. The Labute approximate surface area is 114 Å². The maximum absolute atomic E-state index is 5.37. The molecule has 1 N–H and O–H groups in total. The summed E-state index contributed by atoms with van der Waals surface area (Å²) < 4.78 is 2.78. The number of pyridine rings is 1. The standard InChI is InChI=1S/C13H13N3S2/c1-8-5-11-12(14-6-8)16(13(17)15-11)7-10-4-3-9(2)18-10/h3-6H,7H2,1-2H3,(H,15,17). The maximum Gasteiger partial charge on any atom is 0.179 e. The van der Waals surface area contributed by atoms with Crippen LogP contribution in [0.25, 0.3) is 11.2 Å². The number of rotatable bonds is 2. The fraction of sp³-hybridized carbons (Fsp3) is 0.231. The third kappa shape index (κ3) is 2.00. The zero-order chi connectivity index (χ0) is 12.7. The van der Waals surface area contributed by atoms with Crippen LogP contribution < -0.4 is 0 Å². The maximum atomic E-state index is 5.37. The van der Waals surface area contributed by atoms with Gasteiger partial charge < -0.3 is 4.98 Å². The number of nitrogens with one attached hydrogen (secondary N) is 1. The summed E-state index contributed by atoms with van der Waals surface area (Å²) in [6.07, 6.45) is 1.88. The molecule has 0 aromatic carbocycles. The Hall–Kier alpha value is -1.46. The van der Waals surface area contributed by atoms with Gasteiger partial charge in [-0.1, -0.05) is 0 Å². The summed E-state index contributed by atoms with van der Waals surface area (Å²) in [7, 11) is 0. The van der Waals surface area contributed by atoms with Gasteiger partial charge in [-0.3, -0.25) is 4.57 Å². The lowest BCUT2D eigenvalue weighted by atomic mass is 10.3. The zero-order valence-corrected chi connectivity index (χ0v) is 11.9. The van der Waals surface area contributed by atoms with Gasteiger partial charge in [0.15, 0.2) is 10.4 Å². The number of fused-ring (bicyclic) bond motifs is 1. The predicted octanol–water partition coefficient (Wildman–Crippen LogP) is 3.82. The van der Waals surface area contributed by atoms with E-state index >= 15 is 0 Å². The molecule has 3 rings (SSSR count). The van der Waals surface area contributed by atoms with Crippen LogP contribution in [-0.2, 0) is 6.54 Å². The third-order valence-corrected chi connectivity index (χ3v) is 4.16. The minimum Gasteiger partial charge on any atom is -0.329 e. The summed E-state index contributed by atoms with van der Waals surface area (Å²) in [5.74, 6) is 0. The van der Waals surface area contributed by atoms with Gasteiger partial charge in [-0.15, -0.1) is 11.3 Å².